The first kappa shape index (κ1) is 59.7. The van der Waals surface area contributed by atoms with E-state index in [2.05, 4.69) is 64.1 Å². The first-order valence-electron chi connectivity index (χ1n) is 24.0. The third kappa shape index (κ3) is 12.5. The van der Waals surface area contributed by atoms with E-state index < -0.39 is 110 Å². The molecule has 2 aromatic carbocycles. The van der Waals surface area contributed by atoms with Gasteiger partial charge in [0, 0.05) is 31.8 Å². The van der Waals surface area contributed by atoms with Crippen molar-refractivity contribution in [2.24, 2.45) is 0 Å². The Balaban J connectivity index is 0.836. The minimum Gasteiger partial charge on any atom is -0.492 e. The lowest BCUT2D eigenvalue weighted by molar-refractivity contribution is -0.0581. The Morgan fingerprint density at radius 1 is 0.735 bits per heavy atom. The molecule has 2 aliphatic rings. The minimum absolute atomic E-state index is 0.0226. The zero-order valence-corrected chi connectivity index (χ0v) is 47.2. The highest BCUT2D eigenvalue weighted by molar-refractivity contribution is 7.71. The van der Waals surface area contributed by atoms with Crippen molar-refractivity contribution >= 4 is 99.2 Å². The average Bonchev–Trinajstić information content (AvgIpc) is 2.59. The van der Waals surface area contributed by atoms with Crippen molar-refractivity contribution in [3.63, 3.8) is 0 Å². The van der Waals surface area contributed by atoms with E-state index in [0.717, 1.165) is 30.1 Å². The van der Waals surface area contributed by atoms with Crippen molar-refractivity contribution in [3.8, 4) is 17.1 Å². The number of aromatic nitrogens is 12. The van der Waals surface area contributed by atoms with Crippen LogP contribution in [0.25, 0.3) is 44.9 Å². The van der Waals surface area contributed by atoms with E-state index in [1.807, 2.05) is 0 Å². The van der Waals surface area contributed by atoms with Crippen LogP contribution in [0.3, 0.4) is 0 Å². The molecule has 12 atom stereocenters. The van der Waals surface area contributed by atoms with E-state index in [1.165, 1.54) is 41.0 Å². The second kappa shape index (κ2) is 23.5. The normalized spacial score (nSPS) is 23.9. The molecule has 444 valence electrons. The molecule has 10 rings (SSSR count). The van der Waals surface area contributed by atoms with Crippen molar-refractivity contribution in [2.75, 3.05) is 57.4 Å². The van der Waals surface area contributed by atoms with Gasteiger partial charge in [0.25, 0.3) is 11.1 Å². The number of nitrogen functional groups attached to an aromatic ring is 1. The van der Waals surface area contributed by atoms with Gasteiger partial charge < -0.3 is 69.7 Å². The Bertz CT molecular complexity index is 4040. The number of nitrogens with two attached hydrogens (primary N) is 1. The topological polar surface area (TPSA) is 494 Å². The highest BCUT2D eigenvalue weighted by atomic mass is 35.5. The number of ether oxygens (including phenoxy) is 4. The molecule has 0 radical (unpaired) electrons. The fourth-order valence-corrected chi connectivity index (χ4v) is 14.0. The number of aliphatic hydroxyl groups excluding tert-OH is 2. The molecule has 0 amide bonds. The maximum atomic E-state index is 13.8. The van der Waals surface area contributed by atoms with Crippen molar-refractivity contribution in [3.05, 3.63) is 93.2 Å². The number of hydrogen-bond acceptors (Lipinski definition) is 27. The number of methoxy groups -OCH3 is 1. The van der Waals surface area contributed by atoms with Gasteiger partial charge in [-0.15, -0.1) is 0 Å². The van der Waals surface area contributed by atoms with Gasteiger partial charge >= 0.3 is 31.1 Å². The van der Waals surface area contributed by atoms with Gasteiger partial charge in [-0.3, -0.25) is 46.8 Å². The monoisotopic (exact) mass is 1260 g/mol. The molecule has 8 aromatic rings. The van der Waals surface area contributed by atoms with Crippen LogP contribution in [0.2, 0.25) is 5.02 Å². The van der Waals surface area contributed by atoms with Gasteiger partial charge in [-0.2, -0.15) is 14.3 Å². The molecule has 2 fully saturated rings. The number of H-pyrrole nitrogens is 2. The fourth-order valence-electron chi connectivity index (χ4n) is 8.95. The summed E-state index contributed by atoms with van der Waals surface area (Å²) in [5, 5.41) is 27.3. The molecule has 12 N–H and O–H groups in total. The maximum Gasteiger partial charge on any atom is 0.488 e. The molecule has 0 bridgehead atoms. The molecule has 83 heavy (non-hydrogen) atoms. The summed E-state index contributed by atoms with van der Waals surface area (Å²) in [5.41, 5.74) is 4.73. The van der Waals surface area contributed by atoms with Crippen LogP contribution in [0.15, 0.2) is 77.1 Å². The van der Waals surface area contributed by atoms with Gasteiger partial charge in [0.2, 0.25) is 11.9 Å². The van der Waals surface area contributed by atoms with E-state index in [0.29, 0.717) is 10.8 Å². The zero-order valence-electron chi connectivity index (χ0n) is 42.8. The Morgan fingerprint density at radius 3 is 2.11 bits per heavy atom. The number of phosphoric acid groups is 3. The van der Waals surface area contributed by atoms with Crippen LogP contribution >= 0.6 is 42.7 Å². The predicted octanol–water partition coefficient (Wildman–Crippen LogP) is 1.25. The molecule has 36 nitrogen and oxygen atoms in total. The van der Waals surface area contributed by atoms with Gasteiger partial charge in [-0.05, 0) is 36.4 Å². The highest BCUT2D eigenvalue weighted by Gasteiger charge is 2.53. The Labute approximate surface area is 468 Å². The van der Waals surface area contributed by atoms with E-state index in [-0.39, 0.29) is 75.7 Å². The number of rotatable bonds is 23. The summed E-state index contributed by atoms with van der Waals surface area (Å²) in [4.78, 5) is 104. The molecule has 8 heterocycles. The molecule has 41 heteroatoms. The van der Waals surface area contributed by atoms with Gasteiger partial charge in [0.1, 0.15) is 66.6 Å². The lowest BCUT2D eigenvalue weighted by atomic mass is 10.1. The van der Waals surface area contributed by atoms with Crippen molar-refractivity contribution < 1.29 is 89.2 Å². The third-order valence-corrected chi connectivity index (χ3v) is 18.7. The summed E-state index contributed by atoms with van der Waals surface area (Å²) in [6, 6.07) is 11.1. The molecule has 0 saturated carbocycles. The second-order valence-corrected chi connectivity index (χ2v) is 24.7. The smallest absolute Gasteiger partial charge is 0.488 e. The van der Waals surface area contributed by atoms with Gasteiger partial charge in [0.05, 0.1) is 37.7 Å². The van der Waals surface area contributed by atoms with Crippen LogP contribution < -0.4 is 37.5 Å². The maximum absolute atomic E-state index is 13.8. The standard InChI is InChI=1S/C42H48ClN15O21P4/c1-45-32-25-35(48-16-47-32)57(17-49-25)40-31(71-3)30(77-81(65,66)73-14-23-28(59)29(60)39(75-23)58-18-50-26-36(58)53-41(44)54-37(26)61)24(76-40)15-74-82(67,68)79-83(69,70)78-80(63,64)22-10-4-19(5-11-22)34-51-33-27(38(62)55-42(46-2)52-33)56(34)12-13-72-21-8-6-20(43)7-9-21/h4-11,16-18,23-24,28-31,39-40,59-60H,12-15H2,1-3H3,(H,63,64)(H,65,66)(H,67,68)(H,69,70)(H,45,47,48)(H3,44,53,54,61)(H2,46,52,55,62)/t23-,24-,28?,29?,30?,31?,39-,40-/m1/s1. The predicted molar refractivity (Wildman–Crippen MR) is 286 cm³/mol. The number of phosphoric ester groups is 2. The summed E-state index contributed by atoms with van der Waals surface area (Å²) in [6.07, 6.45) is -9.68. The average molecular weight is 1260 g/mol. The molecule has 2 aliphatic heterocycles. The molecular weight excluding hydrogens is 1210 g/mol. The Kier molecular flexibility index (Phi) is 16.9. The van der Waals surface area contributed by atoms with Crippen molar-refractivity contribution in [1.82, 2.24) is 58.6 Å². The van der Waals surface area contributed by atoms with Gasteiger partial charge in [-0.1, -0.05) is 23.7 Å². The molecule has 0 aliphatic carbocycles. The lowest BCUT2D eigenvalue weighted by Gasteiger charge is -2.26. The second-order valence-electron chi connectivity index (χ2n) is 17.9. The van der Waals surface area contributed by atoms with Crippen LogP contribution in [0, 0.1) is 0 Å². The highest BCUT2D eigenvalue weighted by Crippen LogP contribution is 2.67. The van der Waals surface area contributed by atoms with Crippen LogP contribution in [0.5, 0.6) is 5.75 Å². The molecule has 0 spiro atoms. The number of halogens is 1. The molecule has 6 aromatic heterocycles. The number of fused-ring (bicyclic) bond motifs is 3. The number of hydrogen-bond donors (Lipinski definition) is 11. The first-order chi connectivity index (χ1) is 39.4. The summed E-state index contributed by atoms with van der Waals surface area (Å²) >= 11 is 5.99. The molecule has 2 saturated heterocycles. The number of aliphatic hydroxyl groups is 2. The van der Waals surface area contributed by atoms with E-state index in [4.69, 9.17) is 49.9 Å². The number of aromatic amines is 2. The largest absolute Gasteiger partial charge is 0.492 e. The summed E-state index contributed by atoms with van der Waals surface area (Å²) in [5.74, 6) is 0.695. The molecular formula is C42H48ClN15O21P4. The van der Waals surface area contributed by atoms with E-state index in [9.17, 15) is 57.6 Å². The number of nitrogens with one attached hydrogen (secondary N) is 4. The van der Waals surface area contributed by atoms with Crippen molar-refractivity contribution in [1.29, 1.82) is 0 Å². The number of anilines is 3. The number of nitrogens with zero attached hydrogens (tertiary/aromatic N) is 10. The van der Waals surface area contributed by atoms with Crippen molar-refractivity contribution in [2.45, 2.75) is 55.6 Å². The minimum atomic E-state index is -6.09. The lowest BCUT2D eigenvalue weighted by Crippen LogP contribution is -2.38. The Morgan fingerprint density at radius 2 is 1.41 bits per heavy atom. The summed E-state index contributed by atoms with van der Waals surface area (Å²) in [7, 11) is -18.7. The first-order valence-corrected chi connectivity index (χ1v) is 30.5. The summed E-state index contributed by atoms with van der Waals surface area (Å²) in [6.45, 7) is -2.09. The van der Waals surface area contributed by atoms with Crippen LogP contribution in [-0.2, 0) is 61.2 Å². The quantitative estimate of drug-likeness (QED) is 0.0401. The third-order valence-electron chi connectivity index (χ3n) is 12.7. The van der Waals surface area contributed by atoms with Crippen LogP contribution in [-0.4, -0.2) is 166 Å². The van der Waals surface area contributed by atoms with Gasteiger partial charge in [0.15, 0.2) is 46.2 Å². The van der Waals surface area contributed by atoms with E-state index >= 15 is 0 Å². The zero-order chi connectivity index (χ0) is 59.3. The number of benzene rings is 2. The van der Waals surface area contributed by atoms with Gasteiger partial charge in [-0.25, -0.2) is 42.9 Å². The van der Waals surface area contributed by atoms with E-state index in [1.54, 1.807) is 31.3 Å². The Hall–Kier alpha value is -6.46. The van der Waals surface area contributed by atoms with Crippen LogP contribution in [0.1, 0.15) is 12.5 Å². The fraction of sp³-hybridized carbons (Fsp3) is 0.357. The SMILES string of the molecule is CNc1nc2nc(-c3ccc(P(=O)(O)OP(=O)(O)OP(=O)(O)OC[C@H]4O[C@@H](n5cnc6c(NC)ncnc65)C(OC)C4OP(=O)(O)OC[C@H]4O[C@@H](n5cnc6c(=O)[nH]c(N)nc65)C(O)C4O)cc3)n(CCOc3ccc(Cl)cc3)c2c(=O)[nH]1. The summed E-state index contributed by atoms with van der Waals surface area (Å²) < 4.78 is 106. The number of imidazole rings is 3. The van der Waals surface area contributed by atoms with Crippen LogP contribution in [0.4, 0.5) is 17.7 Å². The molecule has 8 unspecified atom stereocenters.